The van der Waals surface area contributed by atoms with Crippen LogP contribution in [0.25, 0.3) is 0 Å². The van der Waals surface area contributed by atoms with Gasteiger partial charge in [0.15, 0.2) is 0 Å². The van der Waals surface area contributed by atoms with E-state index in [0.717, 1.165) is 24.3 Å². The molecule has 2 aliphatic heterocycles. The molecule has 268 valence electrons. The third-order valence-electron chi connectivity index (χ3n) is 8.94. The Hall–Kier alpha value is -3.79. The van der Waals surface area contributed by atoms with E-state index in [1.54, 1.807) is 0 Å². The van der Waals surface area contributed by atoms with E-state index in [9.17, 15) is 13.9 Å². The van der Waals surface area contributed by atoms with Gasteiger partial charge in [0.1, 0.15) is 0 Å². The minimum absolute atomic E-state index is 0.177. The van der Waals surface area contributed by atoms with E-state index in [1.165, 1.54) is 0 Å². The number of fused-ring (bicyclic) bond motifs is 4. The van der Waals surface area contributed by atoms with Gasteiger partial charge >= 0.3 is 272 Å². The predicted octanol–water partition coefficient (Wildman–Crippen LogP) is 9.47. The molecule has 50 heavy (non-hydrogen) atoms. The van der Waals surface area contributed by atoms with Gasteiger partial charge in [0.2, 0.25) is 0 Å². The van der Waals surface area contributed by atoms with Crippen molar-refractivity contribution in [3.05, 3.63) is 131 Å². The van der Waals surface area contributed by atoms with Crippen molar-refractivity contribution >= 4 is 17.7 Å². The van der Waals surface area contributed by atoms with Crippen molar-refractivity contribution in [2.75, 3.05) is 0 Å². The zero-order chi connectivity index (χ0) is 36.9. The maximum absolute atomic E-state index is 15.2. The first-order valence-corrected chi connectivity index (χ1v) is 16.2. The fraction of sp³-hybridized carbons (Fsp3) is 0.250. The van der Waals surface area contributed by atoms with Gasteiger partial charge in [-0.1, -0.05) is 0 Å². The molecular formula is C32H19F14O3P. The Labute approximate surface area is 272 Å². The van der Waals surface area contributed by atoms with Gasteiger partial charge in [0, 0.05) is 0 Å². The second-order valence-corrected chi connectivity index (χ2v) is 15.5. The normalized spacial score (nSPS) is 21.1. The maximum atomic E-state index is 15.2. The summed E-state index contributed by atoms with van der Waals surface area (Å²) >= 11 is 0. The molecule has 0 aromatic heterocycles. The van der Waals surface area contributed by atoms with Crippen molar-refractivity contribution in [3.63, 3.8) is 0 Å². The fourth-order valence-electron chi connectivity index (χ4n) is 7.03. The minimum atomic E-state index is -7.62. The Morgan fingerprint density at radius 3 is 1.14 bits per heavy atom. The van der Waals surface area contributed by atoms with Crippen molar-refractivity contribution < 1.29 is 75.6 Å². The zero-order valence-corrected chi connectivity index (χ0v) is 25.3. The number of aliphatic hydroxyl groups excluding tert-OH is 1. The molecule has 0 saturated carbocycles. The van der Waals surface area contributed by atoms with Gasteiger partial charge in [-0.15, -0.1) is 0 Å². The molecule has 2 heterocycles. The molecule has 2 aliphatic rings. The Morgan fingerprint density at radius 2 is 0.800 bits per heavy atom. The fourth-order valence-corrected chi connectivity index (χ4v) is 13.8. The molecule has 3 nitrogen and oxygen atoms in total. The van der Waals surface area contributed by atoms with Crippen molar-refractivity contribution in [1.29, 1.82) is 0 Å². The molecule has 0 fully saturated rings. The molecule has 0 saturated heterocycles. The molecule has 4 aromatic carbocycles. The van der Waals surface area contributed by atoms with E-state index >= 15 is 52.7 Å². The first kappa shape index (κ1) is 36.0. The number of rotatable bonds is 4. The third-order valence-corrected chi connectivity index (χ3v) is 14.4. The average molecular weight is 748 g/mol. The quantitative estimate of drug-likeness (QED) is 0.167. The van der Waals surface area contributed by atoms with Crippen molar-refractivity contribution in [2.24, 2.45) is 0 Å². The van der Waals surface area contributed by atoms with Gasteiger partial charge < -0.3 is 0 Å². The van der Waals surface area contributed by atoms with Crippen molar-refractivity contribution in [3.8, 4) is 0 Å². The average Bonchev–Trinajstić information content (AvgIpc) is 3.47. The van der Waals surface area contributed by atoms with E-state index in [-0.39, 0.29) is 12.1 Å². The number of aliphatic hydroxyl groups is 1. The molecule has 0 aliphatic carbocycles. The Bertz CT molecular complexity index is 1810. The topological polar surface area (TPSA) is 38.7 Å². The van der Waals surface area contributed by atoms with Crippen LogP contribution in [0, 0.1) is 11.6 Å². The van der Waals surface area contributed by atoms with E-state index in [4.69, 9.17) is 9.05 Å². The SMILES string of the molecule is O[C@H](c1ccc(F)cc1)[C@@H](c1ccc(F)cc1)P12(OC(C(F)(F)F)(C(F)(F)F)c3ccccc31)OC(C(F)(F)F)(C(F)(F)F)c1ccccc12. The van der Waals surface area contributed by atoms with Crippen molar-refractivity contribution in [2.45, 2.75) is 47.7 Å². The molecule has 0 amide bonds. The summed E-state index contributed by atoms with van der Waals surface area (Å²) in [5.41, 5.74) is -19.5. The monoisotopic (exact) mass is 748 g/mol. The summed E-state index contributed by atoms with van der Waals surface area (Å²) in [6.45, 7) is 0. The standard InChI is InChI=1S/C32H19F14O3P/c33-19-13-9-17(10-14-19)25(47)26(18-11-15-20(34)16-12-18)50(23-7-3-1-5-21(23)27(48-50,29(35,36)37)30(38,39)40)24-8-4-2-6-22(24)28(49-50,31(41,42)43)32(44,45)46/h1-16,25-26,47H/t25-,26-/m1/s1. The van der Waals surface area contributed by atoms with Crippen LogP contribution in [0.2, 0.25) is 0 Å². The van der Waals surface area contributed by atoms with E-state index in [0.29, 0.717) is 60.7 Å². The molecule has 0 bridgehead atoms. The Kier molecular flexibility index (Phi) is 7.82. The van der Waals surface area contributed by atoms with Crippen LogP contribution in [0.4, 0.5) is 61.5 Å². The van der Waals surface area contributed by atoms with Crippen LogP contribution < -0.4 is 10.6 Å². The van der Waals surface area contributed by atoms with Crippen LogP contribution >= 0.6 is 7.06 Å². The first-order valence-electron chi connectivity index (χ1n) is 14.1. The molecule has 0 radical (unpaired) electrons. The van der Waals surface area contributed by atoms with E-state index in [2.05, 4.69) is 0 Å². The summed E-state index contributed by atoms with van der Waals surface area (Å²) in [7, 11) is -7.62. The second kappa shape index (κ2) is 10.9. The van der Waals surface area contributed by atoms with Crippen LogP contribution in [-0.2, 0) is 20.2 Å². The van der Waals surface area contributed by atoms with E-state index < -0.39 is 99.2 Å². The number of benzene rings is 4. The summed E-state index contributed by atoms with van der Waals surface area (Å²) < 4.78 is 222. The molecule has 6 rings (SSSR count). The third kappa shape index (κ3) is 4.45. The molecule has 2 atom stereocenters. The van der Waals surface area contributed by atoms with Crippen LogP contribution in [0.5, 0.6) is 0 Å². The number of alkyl halides is 12. The van der Waals surface area contributed by atoms with Crippen LogP contribution in [0.3, 0.4) is 0 Å². The van der Waals surface area contributed by atoms with Crippen LogP contribution in [0.1, 0.15) is 34.0 Å². The van der Waals surface area contributed by atoms with Gasteiger partial charge in [0.25, 0.3) is 0 Å². The number of hydrogen-bond acceptors (Lipinski definition) is 3. The van der Waals surface area contributed by atoms with Gasteiger partial charge in [-0.05, 0) is 0 Å². The molecular weight excluding hydrogens is 729 g/mol. The summed E-state index contributed by atoms with van der Waals surface area (Å²) in [5.74, 6) is -2.09. The van der Waals surface area contributed by atoms with Gasteiger partial charge in [0.05, 0.1) is 0 Å². The summed E-state index contributed by atoms with van der Waals surface area (Å²) in [6.07, 6.45) is -29.3. The molecule has 18 heteroatoms. The van der Waals surface area contributed by atoms with Gasteiger partial charge in [-0.3, -0.25) is 0 Å². The Balaban J connectivity index is 1.93. The predicted molar refractivity (Wildman–Crippen MR) is 149 cm³/mol. The zero-order valence-electron chi connectivity index (χ0n) is 24.4. The van der Waals surface area contributed by atoms with Gasteiger partial charge in [-0.25, -0.2) is 0 Å². The first-order chi connectivity index (χ1) is 23.0. The summed E-state index contributed by atoms with van der Waals surface area (Å²) in [5, 5.41) is 8.99. The summed E-state index contributed by atoms with van der Waals surface area (Å²) in [6, 6.07) is 9.12. The second-order valence-electron chi connectivity index (χ2n) is 11.6. The number of hydrogen-bond donors (Lipinski definition) is 1. The number of halogens is 14. The molecule has 1 N–H and O–H groups in total. The van der Waals surface area contributed by atoms with Crippen LogP contribution in [-0.4, -0.2) is 29.8 Å². The van der Waals surface area contributed by atoms with Gasteiger partial charge in [-0.2, -0.15) is 0 Å². The summed E-state index contributed by atoms with van der Waals surface area (Å²) in [4.78, 5) is 0. The Morgan fingerprint density at radius 1 is 0.480 bits per heavy atom. The molecule has 1 spiro atoms. The van der Waals surface area contributed by atoms with E-state index in [1.807, 2.05) is 0 Å². The molecule has 0 unspecified atom stereocenters. The molecule has 4 aromatic rings. The van der Waals surface area contributed by atoms with Crippen LogP contribution in [0.15, 0.2) is 97.1 Å². The van der Waals surface area contributed by atoms with Crippen molar-refractivity contribution in [1.82, 2.24) is 0 Å².